The van der Waals surface area contributed by atoms with Gasteiger partial charge in [-0.05, 0) is 56.9 Å². The molecule has 2 N–H and O–H groups in total. The lowest BCUT2D eigenvalue weighted by molar-refractivity contribution is -0.151. The third-order valence-electron chi connectivity index (χ3n) is 4.95. The van der Waals surface area contributed by atoms with Crippen molar-refractivity contribution in [3.63, 3.8) is 0 Å². The average Bonchev–Trinajstić information content (AvgIpc) is 3.22. The monoisotopic (exact) mass is 384 g/mol. The maximum Gasteiger partial charge on any atom is 0.323 e. The summed E-state index contributed by atoms with van der Waals surface area (Å²) in [5.74, 6) is -2.27. The van der Waals surface area contributed by atoms with Crippen LogP contribution < -0.4 is 5.32 Å². The molecule has 1 aliphatic heterocycles. The number of piperidine rings is 1. The number of aromatic nitrogens is 4. The second-order valence-corrected chi connectivity index (χ2v) is 6.80. The molecule has 1 saturated heterocycles. The number of aromatic amines is 1. The Morgan fingerprint density at radius 3 is 3.00 bits per heavy atom. The summed E-state index contributed by atoms with van der Waals surface area (Å²) in [4.78, 5) is 24.0. The van der Waals surface area contributed by atoms with Gasteiger partial charge in [-0.2, -0.15) is 5.21 Å². The van der Waals surface area contributed by atoms with Crippen LogP contribution in [0.5, 0.6) is 0 Å². The fourth-order valence-corrected chi connectivity index (χ4v) is 3.61. The fourth-order valence-electron chi connectivity index (χ4n) is 3.61. The Labute approximate surface area is 166 Å². The van der Waals surface area contributed by atoms with Crippen molar-refractivity contribution < 1.29 is 25.9 Å². The molecule has 1 saturated carbocycles. The number of nitrogens with one attached hydrogen (secondary N) is 2. The van der Waals surface area contributed by atoms with E-state index in [1.54, 1.807) is 6.92 Å². The van der Waals surface area contributed by atoms with Crippen LogP contribution in [-0.4, -0.2) is 58.3 Å². The molecule has 9 nitrogen and oxygen atoms in total. The first-order valence-corrected chi connectivity index (χ1v) is 9.33. The first-order chi connectivity index (χ1) is 15.0. The maximum absolute atomic E-state index is 12.6. The molecule has 4 atom stereocenters. The molecule has 0 spiro atoms. The van der Waals surface area contributed by atoms with Crippen LogP contribution in [0.1, 0.15) is 58.1 Å². The van der Waals surface area contributed by atoms with Gasteiger partial charge in [0.05, 0.1) is 14.4 Å². The van der Waals surface area contributed by atoms with Crippen molar-refractivity contribution >= 4 is 11.9 Å². The molecule has 9 heteroatoms. The Kier molecular flexibility index (Phi) is 5.08. The Morgan fingerprint density at radius 1 is 1.33 bits per heavy atom. The highest BCUT2D eigenvalue weighted by Gasteiger charge is 2.38. The summed E-state index contributed by atoms with van der Waals surface area (Å²) in [5, 5.41) is 15.7. The van der Waals surface area contributed by atoms with Gasteiger partial charge in [0.15, 0.2) is 5.82 Å². The van der Waals surface area contributed by atoms with E-state index in [0.717, 1.165) is 0 Å². The van der Waals surface area contributed by atoms with Gasteiger partial charge < -0.3 is 14.8 Å². The van der Waals surface area contributed by atoms with Crippen LogP contribution in [0.3, 0.4) is 0 Å². The first kappa shape index (κ1) is 14.0. The second-order valence-electron chi connectivity index (χ2n) is 6.80. The summed E-state index contributed by atoms with van der Waals surface area (Å²) in [7, 11) is 0. The fraction of sp³-hybridized carbons (Fsp3) is 0.833. The third-order valence-corrected chi connectivity index (χ3v) is 4.95. The van der Waals surface area contributed by atoms with Crippen molar-refractivity contribution in [2.24, 2.45) is 17.8 Å². The van der Waals surface area contributed by atoms with E-state index in [9.17, 15) is 9.59 Å². The molecule has 0 unspecified atom stereocenters. The van der Waals surface area contributed by atoms with Crippen molar-refractivity contribution in [1.82, 2.24) is 25.9 Å². The third kappa shape index (κ3) is 5.72. The van der Waals surface area contributed by atoms with E-state index in [2.05, 4.69) is 25.9 Å². The highest BCUT2D eigenvalue weighted by atomic mass is 16.5. The maximum atomic E-state index is 12.6. The summed E-state index contributed by atoms with van der Waals surface area (Å²) < 4.78 is 51.8. The lowest BCUT2D eigenvalue weighted by Crippen LogP contribution is -2.50. The summed E-state index contributed by atoms with van der Waals surface area (Å²) in [5.41, 5.74) is 0. The minimum atomic E-state index is -1.99. The Bertz CT molecular complexity index is 812. The highest BCUT2D eigenvalue weighted by molar-refractivity contribution is 5.76. The lowest BCUT2D eigenvalue weighted by atomic mass is 9.69. The number of tetrazole rings is 1. The van der Waals surface area contributed by atoms with Crippen molar-refractivity contribution in [1.29, 1.82) is 0 Å². The largest absolute Gasteiger partial charge is 0.466 e. The highest BCUT2D eigenvalue weighted by Crippen LogP contribution is 2.40. The number of ether oxygens (including phenoxy) is 2. The molecule has 2 fully saturated rings. The van der Waals surface area contributed by atoms with E-state index in [1.807, 2.05) is 0 Å². The predicted molar refractivity (Wildman–Crippen MR) is 95.4 cm³/mol. The molecule has 0 bridgehead atoms. The van der Waals surface area contributed by atoms with Crippen molar-refractivity contribution in [3.05, 3.63) is 5.82 Å². The molecule has 0 amide bonds. The zero-order valence-corrected chi connectivity index (χ0v) is 15.4. The van der Waals surface area contributed by atoms with E-state index in [1.165, 1.54) is 0 Å². The summed E-state index contributed by atoms with van der Waals surface area (Å²) in [6.45, 7) is -0.322. The number of hydrogen-bond acceptors (Lipinski definition) is 8. The molecule has 1 aromatic rings. The Morgan fingerprint density at radius 2 is 2.22 bits per heavy atom. The van der Waals surface area contributed by atoms with E-state index in [4.69, 9.17) is 16.3 Å². The van der Waals surface area contributed by atoms with Crippen LogP contribution in [0.2, 0.25) is 0 Å². The standard InChI is InChI=1S/C18H29N5O4/c1-2-26-17(24)7-8-27-18(25)15-10-14-9-12(3-5-13(14)11-19-15)4-6-16-20-22-23-21-16/h12-15,19H,2-11H2,1H3,(H,20,21,22,23)/t12-,13+,14-,15+/m1/s1/i6D2,11D2,15D. The van der Waals surface area contributed by atoms with E-state index < -0.39 is 36.7 Å². The summed E-state index contributed by atoms with van der Waals surface area (Å²) in [6.07, 6.45) is -0.152. The molecule has 3 rings (SSSR count). The minimum Gasteiger partial charge on any atom is -0.466 e. The number of rotatable bonds is 8. The molecule has 150 valence electrons. The van der Waals surface area contributed by atoms with E-state index in [0.29, 0.717) is 19.3 Å². The number of hydrogen-bond donors (Lipinski definition) is 2. The van der Waals surface area contributed by atoms with Crippen LogP contribution in [-0.2, 0) is 25.4 Å². The van der Waals surface area contributed by atoms with Gasteiger partial charge in [0.2, 0.25) is 0 Å². The molecule has 2 heterocycles. The van der Waals surface area contributed by atoms with Crippen LogP contribution in [0.15, 0.2) is 0 Å². The van der Waals surface area contributed by atoms with Gasteiger partial charge in [0.25, 0.3) is 0 Å². The normalized spacial score (nSPS) is 35.4. The molecule has 2 aliphatic rings. The number of fused-ring (bicyclic) bond motifs is 1. The van der Waals surface area contributed by atoms with Gasteiger partial charge in [0, 0.05) is 11.9 Å². The Hall–Kier alpha value is -2.03. The minimum absolute atomic E-state index is 0.0275. The molecule has 1 aromatic heterocycles. The van der Waals surface area contributed by atoms with Gasteiger partial charge in [-0.1, -0.05) is 11.6 Å². The number of H-pyrrole nitrogens is 1. The second kappa shape index (κ2) is 9.77. The zero-order chi connectivity index (χ0) is 23.6. The van der Waals surface area contributed by atoms with Crippen LogP contribution >= 0.6 is 0 Å². The lowest BCUT2D eigenvalue weighted by Gasteiger charge is -2.42. The van der Waals surface area contributed by atoms with Crippen LogP contribution in [0.4, 0.5) is 0 Å². The van der Waals surface area contributed by atoms with E-state index in [-0.39, 0.29) is 50.1 Å². The zero-order valence-electron chi connectivity index (χ0n) is 20.4. The van der Waals surface area contributed by atoms with Crippen molar-refractivity contribution in [3.8, 4) is 0 Å². The molecule has 27 heavy (non-hydrogen) atoms. The molecular weight excluding hydrogens is 350 g/mol. The predicted octanol–water partition coefficient (Wildman–Crippen LogP) is 1.02. The van der Waals surface area contributed by atoms with Gasteiger partial charge in [-0.25, -0.2) is 0 Å². The number of aryl methyl sites for hydroxylation is 1. The smallest absolute Gasteiger partial charge is 0.323 e. The summed E-state index contributed by atoms with van der Waals surface area (Å²) in [6, 6.07) is -1.99. The molecule has 1 aliphatic carbocycles. The quantitative estimate of drug-likeness (QED) is 0.638. The topological polar surface area (TPSA) is 119 Å². The van der Waals surface area contributed by atoms with Crippen LogP contribution in [0, 0.1) is 17.8 Å². The Balaban J connectivity index is 1.64. The first-order valence-electron chi connectivity index (χ1n) is 11.8. The van der Waals surface area contributed by atoms with Gasteiger partial charge in [-0.3, -0.25) is 9.59 Å². The van der Waals surface area contributed by atoms with Gasteiger partial charge in [-0.15, -0.1) is 10.2 Å². The number of carbonyl (C=O) groups excluding carboxylic acids is 2. The molecular formula is C18H29N5O4. The van der Waals surface area contributed by atoms with Gasteiger partial charge in [0.1, 0.15) is 12.6 Å². The van der Waals surface area contributed by atoms with Crippen molar-refractivity contribution in [2.45, 2.75) is 57.8 Å². The summed E-state index contributed by atoms with van der Waals surface area (Å²) >= 11 is 0. The SMILES string of the molecule is [2H]C([2H])(C[C@H]1CC[C@@H]2[C@H](C1)C[C@@]([2H])(C(=O)OCCC(=O)OCC)NC2([2H])[2H])c1nn[nH]n1. The van der Waals surface area contributed by atoms with Crippen molar-refractivity contribution in [2.75, 3.05) is 19.7 Å². The number of esters is 2. The molecule has 0 radical (unpaired) electrons. The van der Waals surface area contributed by atoms with Gasteiger partial charge >= 0.3 is 11.9 Å². The van der Waals surface area contributed by atoms with E-state index >= 15 is 0 Å². The number of carbonyl (C=O) groups is 2. The average molecular weight is 384 g/mol. The molecule has 0 aromatic carbocycles. The number of nitrogens with zero attached hydrogens (tertiary/aromatic N) is 3. The van der Waals surface area contributed by atoms with Crippen LogP contribution in [0.25, 0.3) is 0 Å².